The average molecular weight is 1280 g/mol. The van der Waals surface area contributed by atoms with E-state index in [4.69, 9.17) is 4.74 Å². The fourth-order valence-corrected chi connectivity index (χ4v) is 16.4. The van der Waals surface area contributed by atoms with Crippen molar-refractivity contribution in [2.75, 3.05) is 34.3 Å². The number of rotatable bonds is 11. The van der Waals surface area contributed by atoms with Crippen LogP contribution in [-0.4, -0.2) is 13.4 Å². The normalized spacial score (nSPS) is 13.1. The van der Waals surface area contributed by atoms with Gasteiger partial charge in [-0.1, -0.05) is 200 Å². The molecule has 0 atom stereocenters. The van der Waals surface area contributed by atoms with E-state index >= 15 is 0 Å². The van der Waals surface area contributed by atoms with Crippen LogP contribution in [0.4, 0.5) is 119 Å². The minimum absolute atomic E-state index is 0.220. The Hall–Kier alpha value is -13.2. The molecule has 0 saturated carbocycles. The van der Waals surface area contributed by atoms with Crippen molar-refractivity contribution >= 4 is 166 Å². The molecular weight excluding hydrogens is 1220 g/mol. The van der Waals surface area contributed by atoms with Crippen molar-refractivity contribution in [3.05, 3.63) is 370 Å². The predicted octanol–water partition coefficient (Wildman–Crippen LogP) is 20.4. The fraction of sp³-hybridized carbons (Fsp3) is 0. The van der Waals surface area contributed by atoms with Crippen molar-refractivity contribution in [2.45, 2.75) is 0 Å². The van der Waals surface area contributed by atoms with E-state index in [1.54, 1.807) is 0 Å². The number of anilines is 21. The summed E-state index contributed by atoms with van der Waals surface area (Å²) < 4.78 is 7.32. The molecule has 0 aromatic heterocycles. The van der Waals surface area contributed by atoms with Gasteiger partial charge in [0, 0.05) is 96.7 Å². The summed E-state index contributed by atoms with van der Waals surface area (Å²) in [7, 11) is 0. The van der Waals surface area contributed by atoms with Crippen LogP contribution in [0.15, 0.2) is 370 Å². The number of hydrogen-bond acceptors (Lipinski definition) is 8. The second-order valence-electron chi connectivity index (χ2n) is 26.0. The number of ether oxygens (including phenoxy) is 1. The topological polar surface area (TPSA) is 31.9 Å². The van der Waals surface area contributed by atoms with Crippen molar-refractivity contribution in [3.8, 4) is 11.5 Å². The molecule has 468 valence electrons. The van der Waals surface area contributed by atoms with Crippen LogP contribution in [0, 0.1) is 0 Å². The summed E-state index contributed by atoms with van der Waals surface area (Å²) in [5.41, 5.74) is 29.4. The fourth-order valence-electron chi connectivity index (χ4n) is 16.4. The Morgan fingerprint density at radius 2 is 0.470 bits per heavy atom. The average Bonchev–Trinajstić information content (AvgIpc) is 0.681. The Morgan fingerprint density at radius 3 is 0.850 bits per heavy atom. The van der Waals surface area contributed by atoms with Crippen LogP contribution in [-0.2, 0) is 0 Å². The zero-order valence-electron chi connectivity index (χ0n) is 54.4. The highest BCUT2D eigenvalue weighted by Gasteiger charge is 2.50. The highest BCUT2D eigenvalue weighted by atomic mass is 16.5. The van der Waals surface area contributed by atoms with E-state index in [9.17, 15) is 0 Å². The lowest BCUT2D eigenvalue weighted by molar-refractivity contribution is 0.477. The third-order valence-corrected chi connectivity index (χ3v) is 20.4. The Labute approximate surface area is 582 Å². The van der Waals surface area contributed by atoms with Crippen LogP contribution in [0.25, 0.3) is 0 Å². The minimum Gasteiger partial charge on any atom is -0.453 e. The van der Waals surface area contributed by atoms with Crippen molar-refractivity contribution in [3.63, 3.8) is 0 Å². The van der Waals surface area contributed by atoms with Crippen LogP contribution < -0.4 is 71.8 Å². The van der Waals surface area contributed by atoms with Crippen molar-refractivity contribution in [1.29, 1.82) is 0 Å². The molecule has 0 fully saturated rings. The lowest BCUT2D eigenvalue weighted by Gasteiger charge is -2.48. The van der Waals surface area contributed by atoms with E-state index in [0.29, 0.717) is 0 Å². The number of nitrogens with zero attached hydrogens (tertiary/aromatic N) is 7. The zero-order valence-corrected chi connectivity index (χ0v) is 54.4. The first-order chi connectivity index (χ1) is 49.7. The predicted molar refractivity (Wildman–Crippen MR) is 419 cm³/mol. The largest absolute Gasteiger partial charge is 0.453 e. The Kier molecular flexibility index (Phi) is 13.3. The van der Waals surface area contributed by atoms with E-state index in [1.807, 2.05) is 0 Å². The lowest BCUT2D eigenvalue weighted by atomic mass is 9.30. The first-order valence-corrected chi connectivity index (χ1v) is 34.3. The molecule has 100 heavy (non-hydrogen) atoms. The molecular formula is C90H61B2N7O. The molecule has 15 aromatic rings. The smallest absolute Gasteiger partial charge is 0.252 e. The quantitative estimate of drug-likeness (QED) is 0.118. The molecule has 5 heterocycles. The van der Waals surface area contributed by atoms with Gasteiger partial charge in [-0.25, -0.2) is 0 Å². The van der Waals surface area contributed by atoms with Crippen molar-refractivity contribution in [2.24, 2.45) is 0 Å². The van der Waals surface area contributed by atoms with Crippen LogP contribution in [0.2, 0.25) is 0 Å². The molecule has 0 saturated heterocycles. The van der Waals surface area contributed by atoms with Gasteiger partial charge >= 0.3 is 0 Å². The maximum atomic E-state index is 7.32. The van der Waals surface area contributed by atoms with Crippen molar-refractivity contribution < 1.29 is 4.74 Å². The van der Waals surface area contributed by atoms with E-state index in [-0.39, 0.29) is 13.4 Å². The summed E-state index contributed by atoms with van der Waals surface area (Å²) in [6, 6.07) is 135. The molecule has 0 bridgehead atoms. The number of fused-ring (bicyclic) bond motifs is 10. The molecule has 0 spiro atoms. The maximum Gasteiger partial charge on any atom is 0.252 e. The molecule has 8 nitrogen and oxygen atoms in total. The Balaban J connectivity index is 0.923. The van der Waals surface area contributed by atoms with Gasteiger partial charge in [-0.05, 0) is 203 Å². The molecule has 10 heteroatoms. The summed E-state index contributed by atoms with van der Waals surface area (Å²) in [6.07, 6.45) is 0. The molecule has 0 amide bonds. The van der Waals surface area contributed by atoms with Gasteiger partial charge in [0.2, 0.25) is 0 Å². The third kappa shape index (κ3) is 9.04. The molecule has 0 aliphatic carbocycles. The second kappa shape index (κ2) is 23.3. The van der Waals surface area contributed by atoms with Gasteiger partial charge in [-0.3, -0.25) is 0 Å². The van der Waals surface area contributed by atoms with Crippen LogP contribution >= 0.6 is 0 Å². The first kappa shape index (κ1) is 57.1. The summed E-state index contributed by atoms with van der Waals surface area (Å²) in [5, 5.41) is 0. The second-order valence-corrected chi connectivity index (χ2v) is 26.0. The third-order valence-electron chi connectivity index (χ3n) is 20.4. The van der Waals surface area contributed by atoms with Gasteiger partial charge in [-0.2, -0.15) is 0 Å². The van der Waals surface area contributed by atoms with Crippen LogP contribution in [0.5, 0.6) is 11.5 Å². The van der Waals surface area contributed by atoms with E-state index in [2.05, 4.69) is 404 Å². The Morgan fingerprint density at radius 1 is 0.190 bits per heavy atom. The molecule has 0 N–H and O–H groups in total. The van der Waals surface area contributed by atoms with Gasteiger partial charge in [0.25, 0.3) is 13.4 Å². The number of hydrogen-bond donors (Lipinski definition) is 0. The highest BCUT2D eigenvalue weighted by molar-refractivity contribution is 7.03. The highest BCUT2D eigenvalue weighted by Crippen LogP contribution is 2.56. The number of benzene rings is 15. The summed E-state index contributed by atoms with van der Waals surface area (Å²) in [6.45, 7) is -0.548. The standard InChI is InChI=1S/C90H61B2N7O/c1-10-32-62(33-11-1)93(63-34-12-2-13-35-63)71-54-83-89-84(55-71)97(68-44-22-7-23-45-68)79-60-80-75(58-74(79)91(89)73-50-28-29-51-77(73)95(83)66-40-18-5-19-41-66)92-76-59-88-82(96(67-42-20-6-21-43-67)78-52-30-31-53-87(78)100-88)61-81(76)99(70-48-26-9-27-49-70)86-57-72(56-85(90(86)92)98(80)69-46-24-8-25-47-69)94(64-36-14-3-15-37-64)65-38-16-4-17-39-65/h1-61H. The SMILES string of the molecule is c1ccc(N(c2ccccc2)c2cc3c4c(c2)N(c2ccccc2)c2cc5c(cc2B4c2ccccc2N3c2ccccc2)B2c3cc4c(cc3N(c3ccccc3)c3cc(N(c6ccccc6)c6ccccc6)cc(c32)N5c2ccccc2)N(c2ccccc2)c2ccccc2O4)cc1. The van der Waals surface area contributed by atoms with Crippen LogP contribution in [0.1, 0.15) is 0 Å². The molecule has 0 unspecified atom stereocenters. The van der Waals surface area contributed by atoms with Gasteiger partial charge in [0.05, 0.1) is 22.7 Å². The van der Waals surface area contributed by atoms with Gasteiger partial charge in [-0.15, -0.1) is 0 Å². The van der Waals surface area contributed by atoms with E-state index < -0.39 is 0 Å². The summed E-state index contributed by atoms with van der Waals surface area (Å²) in [5.74, 6) is 1.58. The summed E-state index contributed by atoms with van der Waals surface area (Å²) >= 11 is 0. The van der Waals surface area contributed by atoms with Gasteiger partial charge in [0.15, 0.2) is 11.5 Å². The Bertz CT molecular complexity index is 5550. The van der Waals surface area contributed by atoms with Crippen molar-refractivity contribution in [1.82, 2.24) is 0 Å². The molecule has 5 aliphatic rings. The monoisotopic (exact) mass is 1280 g/mol. The molecule has 15 aromatic carbocycles. The molecule has 0 radical (unpaired) electrons. The molecule has 20 rings (SSSR count). The summed E-state index contributed by atoms with van der Waals surface area (Å²) in [4.78, 5) is 17.4. The van der Waals surface area contributed by atoms with Gasteiger partial charge in [0.1, 0.15) is 0 Å². The molecule has 5 aliphatic heterocycles. The van der Waals surface area contributed by atoms with Gasteiger partial charge < -0.3 is 39.0 Å². The lowest BCUT2D eigenvalue weighted by Crippen LogP contribution is -2.65. The maximum absolute atomic E-state index is 7.32. The number of para-hydroxylation sites is 12. The van der Waals surface area contributed by atoms with E-state index in [0.717, 1.165) is 136 Å². The van der Waals surface area contributed by atoms with E-state index in [1.165, 1.54) is 27.3 Å². The minimum atomic E-state index is -0.328. The first-order valence-electron chi connectivity index (χ1n) is 34.3. The zero-order chi connectivity index (χ0) is 65.8. The van der Waals surface area contributed by atoms with Crippen LogP contribution in [0.3, 0.4) is 0 Å².